The van der Waals surface area contributed by atoms with Gasteiger partial charge in [-0.25, -0.2) is 9.59 Å². The third kappa shape index (κ3) is 17.7. The molecule has 0 unspecified atom stereocenters. The van der Waals surface area contributed by atoms with Crippen molar-refractivity contribution in [2.45, 2.75) is 136 Å². The van der Waals surface area contributed by atoms with Crippen LogP contribution in [-0.2, 0) is 54.3 Å². The van der Waals surface area contributed by atoms with Crippen LogP contribution in [0.3, 0.4) is 0 Å². The van der Waals surface area contributed by atoms with E-state index in [0.29, 0.717) is 12.8 Å². The zero-order valence-corrected chi connectivity index (χ0v) is 40.3. The lowest BCUT2D eigenvalue weighted by Gasteiger charge is -2.28. The SMILES string of the molecule is C=C1C(=O)N[C@H](C)C(=O)N[C@@H](C[C@@H](C)CC)C(=O)N[C@@H](C(=O)O)[C@H](C)C(=O)N[C@@H](CC)C(=O)N[C@@H](/C=C/C(C)=C/[C@H](C)[C@H](Cc2ccccc2)OC)[C@H](C)C(=O)N[C@@H](C(=O)O)CCC(=O)N1C. The molecule has 1 saturated heterocycles. The van der Waals surface area contributed by atoms with Crippen molar-refractivity contribution in [3.8, 4) is 0 Å². The number of hydrogen-bond donors (Lipinski definition) is 8. The summed E-state index contributed by atoms with van der Waals surface area (Å²) in [7, 11) is 2.85. The molecule has 1 aromatic rings. The van der Waals surface area contributed by atoms with Gasteiger partial charge in [-0.05, 0) is 51.0 Å². The van der Waals surface area contributed by atoms with Gasteiger partial charge in [0.15, 0.2) is 0 Å². The minimum Gasteiger partial charge on any atom is -0.480 e. The molecule has 370 valence electrons. The van der Waals surface area contributed by atoms with E-state index in [-0.39, 0.29) is 30.8 Å². The number of nitrogens with one attached hydrogen (secondary N) is 6. The molecule has 67 heavy (non-hydrogen) atoms. The molecule has 7 amide bonds. The third-order valence-corrected chi connectivity index (χ3v) is 12.1. The van der Waals surface area contributed by atoms with Crippen molar-refractivity contribution in [2.24, 2.45) is 23.7 Å². The van der Waals surface area contributed by atoms with Gasteiger partial charge in [-0.15, -0.1) is 0 Å². The van der Waals surface area contributed by atoms with Gasteiger partial charge < -0.3 is 51.8 Å². The Bertz CT molecular complexity index is 2010. The van der Waals surface area contributed by atoms with Gasteiger partial charge in [0.1, 0.15) is 35.9 Å². The van der Waals surface area contributed by atoms with Crippen molar-refractivity contribution < 1.29 is 58.1 Å². The van der Waals surface area contributed by atoms with Crippen LogP contribution in [0.15, 0.2) is 66.4 Å². The summed E-state index contributed by atoms with van der Waals surface area (Å²) in [5.41, 5.74) is 1.43. The minimum absolute atomic E-state index is 0.00931. The molecule has 8 N–H and O–H groups in total. The highest BCUT2D eigenvalue weighted by atomic mass is 16.5. The molecule has 1 fully saturated rings. The van der Waals surface area contributed by atoms with Crippen molar-refractivity contribution in [1.82, 2.24) is 36.8 Å². The first kappa shape index (κ1) is 56.8. The van der Waals surface area contributed by atoms with Crippen LogP contribution in [0.1, 0.15) is 93.1 Å². The van der Waals surface area contributed by atoms with E-state index < -0.39 is 120 Å². The number of rotatable bonds is 13. The van der Waals surface area contributed by atoms with Gasteiger partial charge in [0.2, 0.25) is 35.4 Å². The highest BCUT2D eigenvalue weighted by molar-refractivity contribution is 6.00. The number of carbonyl (C=O) groups is 9. The predicted octanol–water partition coefficient (Wildman–Crippen LogP) is 2.36. The molecule has 11 atom stereocenters. The monoisotopic (exact) mass is 938 g/mol. The Labute approximate surface area is 393 Å². The van der Waals surface area contributed by atoms with Gasteiger partial charge in [-0.3, -0.25) is 33.6 Å². The summed E-state index contributed by atoms with van der Waals surface area (Å²) in [6, 6.07) is 1.42. The Balaban J connectivity index is 2.63. The van der Waals surface area contributed by atoms with E-state index >= 15 is 0 Å². The summed E-state index contributed by atoms with van der Waals surface area (Å²) >= 11 is 0. The quantitative estimate of drug-likeness (QED) is 0.105. The fourth-order valence-corrected chi connectivity index (χ4v) is 7.13. The van der Waals surface area contributed by atoms with Gasteiger partial charge in [-0.2, -0.15) is 0 Å². The summed E-state index contributed by atoms with van der Waals surface area (Å²) in [5.74, 6) is -11.8. The van der Waals surface area contributed by atoms with E-state index in [9.17, 15) is 53.4 Å². The molecule has 0 spiro atoms. The van der Waals surface area contributed by atoms with Crippen LogP contribution in [0, 0.1) is 23.7 Å². The largest absolute Gasteiger partial charge is 0.480 e. The van der Waals surface area contributed by atoms with Crippen LogP contribution in [0.2, 0.25) is 0 Å². The molecular formula is C48H71N7O12. The number of aliphatic carboxylic acids is 2. The van der Waals surface area contributed by atoms with E-state index in [1.165, 1.54) is 27.8 Å². The van der Waals surface area contributed by atoms with E-state index in [1.807, 2.05) is 64.1 Å². The topological polar surface area (TPSA) is 279 Å². The summed E-state index contributed by atoms with van der Waals surface area (Å²) in [6.45, 7) is 16.7. The zero-order valence-electron chi connectivity index (χ0n) is 40.3. The zero-order chi connectivity index (χ0) is 50.7. The number of amides is 7. The molecule has 0 bridgehead atoms. The van der Waals surface area contributed by atoms with Crippen molar-refractivity contribution in [1.29, 1.82) is 0 Å². The lowest BCUT2D eigenvalue weighted by atomic mass is 9.94. The van der Waals surface area contributed by atoms with Gasteiger partial charge in [0, 0.05) is 26.5 Å². The average molecular weight is 938 g/mol. The number of carboxylic acid groups (broad SMARTS) is 2. The molecule has 19 heteroatoms. The van der Waals surface area contributed by atoms with Crippen molar-refractivity contribution in [2.75, 3.05) is 14.2 Å². The maximum atomic E-state index is 14.0. The van der Waals surface area contributed by atoms with Crippen molar-refractivity contribution >= 4 is 53.3 Å². The molecule has 0 saturated carbocycles. The van der Waals surface area contributed by atoms with Crippen LogP contribution >= 0.6 is 0 Å². The predicted molar refractivity (Wildman–Crippen MR) is 249 cm³/mol. The van der Waals surface area contributed by atoms with Crippen molar-refractivity contribution in [3.63, 3.8) is 0 Å². The number of hydrogen-bond acceptors (Lipinski definition) is 10. The van der Waals surface area contributed by atoms with E-state index in [0.717, 1.165) is 16.0 Å². The highest BCUT2D eigenvalue weighted by Crippen LogP contribution is 2.19. The first-order valence-electron chi connectivity index (χ1n) is 22.6. The lowest BCUT2D eigenvalue weighted by molar-refractivity contribution is -0.146. The molecule has 19 nitrogen and oxygen atoms in total. The van der Waals surface area contributed by atoms with Crippen LogP contribution in [0.25, 0.3) is 0 Å². The highest BCUT2D eigenvalue weighted by Gasteiger charge is 2.37. The number of benzene rings is 1. The number of nitrogens with zero attached hydrogens (tertiary/aromatic N) is 1. The first-order valence-corrected chi connectivity index (χ1v) is 22.6. The molecule has 2 rings (SSSR count). The second kappa shape index (κ2) is 27.3. The smallest absolute Gasteiger partial charge is 0.327 e. The standard InChI is InChI=1S/C48H71N7O12/c1-12-26(3)24-37-46(62)54-40(48(65)66)30(7)42(58)50-34(13-2)45(61)51-35(20-19-27(4)23-28(5)38(67-11)25-33-17-15-14-16-18-33)29(6)41(57)52-36(47(63)64)21-22-39(56)55(10)32(9)44(60)49-31(8)43(59)53-37/h14-20,23,26,28-31,34-38,40H,9,12-13,21-22,24-25H2,1-8,10-11H3,(H,49,60)(H,50,58)(H,51,61)(H,52,57)(H,53,59)(H,54,62)(H,63,64)(H,65,66)/b20-19+,27-23+/t26-,28-,29-,30-,31+,34-,35-,36+,37-,38-,40+/m0/s1. The number of carbonyl (C=O) groups excluding carboxylic acids is 7. The molecule has 0 aliphatic carbocycles. The fraction of sp³-hybridized carbons (Fsp3) is 0.562. The molecule has 1 heterocycles. The summed E-state index contributed by atoms with van der Waals surface area (Å²) in [6.07, 6.45) is 5.44. The van der Waals surface area contributed by atoms with Crippen LogP contribution in [-0.4, -0.2) is 125 Å². The summed E-state index contributed by atoms with van der Waals surface area (Å²) < 4.78 is 5.80. The van der Waals surface area contributed by atoms with Crippen LogP contribution in [0.5, 0.6) is 0 Å². The van der Waals surface area contributed by atoms with E-state index in [2.05, 4.69) is 38.5 Å². The molecule has 1 aliphatic rings. The second-order valence-electron chi connectivity index (χ2n) is 17.3. The average Bonchev–Trinajstić information content (AvgIpc) is 3.29. The van der Waals surface area contributed by atoms with Crippen LogP contribution < -0.4 is 31.9 Å². The lowest BCUT2D eigenvalue weighted by Crippen LogP contribution is -2.59. The normalized spacial score (nSPS) is 26.7. The van der Waals surface area contributed by atoms with E-state index in [4.69, 9.17) is 4.74 Å². The van der Waals surface area contributed by atoms with Crippen molar-refractivity contribution in [3.05, 3.63) is 72.0 Å². The van der Waals surface area contributed by atoms with Gasteiger partial charge in [-0.1, -0.05) is 109 Å². The Morgan fingerprint density at radius 3 is 1.99 bits per heavy atom. The third-order valence-electron chi connectivity index (χ3n) is 12.1. The molecule has 1 aromatic carbocycles. The number of ether oxygens (including phenoxy) is 1. The fourth-order valence-electron chi connectivity index (χ4n) is 7.13. The molecule has 1 aliphatic heterocycles. The summed E-state index contributed by atoms with van der Waals surface area (Å²) in [5, 5.41) is 35.4. The van der Waals surface area contributed by atoms with Gasteiger partial charge >= 0.3 is 11.9 Å². The van der Waals surface area contributed by atoms with Gasteiger partial charge in [0.25, 0.3) is 5.91 Å². The second-order valence-corrected chi connectivity index (χ2v) is 17.3. The molecule has 0 aromatic heterocycles. The van der Waals surface area contributed by atoms with E-state index in [1.54, 1.807) is 26.2 Å². The Kier molecular flexibility index (Phi) is 23.1. The maximum Gasteiger partial charge on any atom is 0.327 e. The molecule has 0 radical (unpaired) electrons. The Morgan fingerprint density at radius 1 is 0.821 bits per heavy atom. The number of likely N-dealkylation sites (N-methyl/N-ethyl adjacent to an activating group) is 1. The summed E-state index contributed by atoms with van der Waals surface area (Å²) in [4.78, 5) is 121. The number of allylic oxidation sites excluding steroid dienone is 2. The first-order chi connectivity index (χ1) is 31.4. The Hall–Kier alpha value is -6.37. The molecular weight excluding hydrogens is 867 g/mol. The Morgan fingerprint density at radius 2 is 1.42 bits per heavy atom. The van der Waals surface area contributed by atoms with Crippen LogP contribution in [0.4, 0.5) is 0 Å². The number of carboxylic acids is 2. The minimum atomic E-state index is -1.82. The van der Waals surface area contributed by atoms with Gasteiger partial charge in [0.05, 0.1) is 24.0 Å². The number of methoxy groups -OCH3 is 1. The maximum absolute atomic E-state index is 14.0.